The molecule has 2 aromatic carbocycles. The fourth-order valence-corrected chi connectivity index (χ4v) is 5.12. The molecular formula is C30H29N5O3. The summed E-state index contributed by atoms with van der Waals surface area (Å²) in [5, 5.41) is 1.89. The van der Waals surface area contributed by atoms with Gasteiger partial charge in [-0.05, 0) is 54.4 Å². The number of hydrogen-bond acceptors (Lipinski definition) is 5. The zero-order valence-electron chi connectivity index (χ0n) is 21.4. The van der Waals surface area contributed by atoms with Gasteiger partial charge in [0.1, 0.15) is 17.9 Å². The summed E-state index contributed by atoms with van der Waals surface area (Å²) in [5.41, 5.74) is 5.18. The number of aromatic nitrogens is 3. The molecule has 192 valence electrons. The first-order chi connectivity index (χ1) is 18.5. The lowest BCUT2D eigenvalue weighted by Crippen LogP contribution is -2.55. The Hall–Kier alpha value is -4.43. The fraction of sp³-hybridized carbons (Fsp3) is 0.233. The molecule has 8 nitrogen and oxygen atoms in total. The van der Waals surface area contributed by atoms with Crippen LogP contribution in [-0.2, 0) is 4.79 Å². The summed E-state index contributed by atoms with van der Waals surface area (Å²) >= 11 is 0. The number of carbonyl (C=O) groups is 1. The summed E-state index contributed by atoms with van der Waals surface area (Å²) in [6, 6.07) is 20.1. The maximum atomic E-state index is 12.2. The molecule has 2 N–H and O–H groups in total. The molecule has 0 unspecified atom stereocenters. The number of H-pyrrole nitrogens is 2. The van der Waals surface area contributed by atoms with E-state index in [4.69, 9.17) is 9.72 Å². The number of benzene rings is 2. The van der Waals surface area contributed by atoms with Crippen LogP contribution in [0.15, 0.2) is 77.9 Å². The quantitative estimate of drug-likeness (QED) is 0.358. The Balaban J connectivity index is 1.15. The number of ether oxygens (including phenoxy) is 1. The highest BCUT2D eigenvalue weighted by Crippen LogP contribution is 2.29. The van der Waals surface area contributed by atoms with E-state index in [2.05, 4.69) is 45.2 Å². The minimum Gasteiger partial charge on any atom is -0.492 e. The summed E-state index contributed by atoms with van der Waals surface area (Å²) in [6.07, 6.45) is 3.49. The predicted octanol–water partition coefficient (Wildman–Crippen LogP) is 4.28. The highest BCUT2D eigenvalue weighted by molar-refractivity contribution is 5.95. The Morgan fingerprint density at radius 2 is 1.79 bits per heavy atom. The van der Waals surface area contributed by atoms with Crippen molar-refractivity contribution in [3.63, 3.8) is 0 Å². The van der Waals surface area contributed by atoms with Crippen LogP contribution in [0.2, 0.25) is 0 Å². The molecule has 4 heterocycles. The number of aromatic amines is 2. The smallest absolute Gasteiger partial charge is 0.272 e. The largest absolute Gasteiger partial charge is 0.492 e. The van der Waals surface area contributed by atoms with Gasteiger partial charge in [-0.15, -0.1) is 0 Å². The second kappa shape index (κ2) is 9.79. The Bertz CT molecular complexity index is 1690. The third-order valence-electron chi connectivity index (χ3n) is 7.42. The second-order valence-corrected chi connectivity index (χ2v) is 9.75. The zero-order chi connectivity index (χ0) is 26.2. The number of nitrogens with zero attached hydrogens (tertiary/aromatic N) is 3. The lowest BCUT2D eigenvalue weighted by Gasteiger charge is -2.37. The zero-order valence-corrected chi connectivity index (χ0v) is 21.4. The molecule has 0 radical (unpaired) electrons. The summed E-state index contributed by atoms with van der Waals surface area (Å²) < 4.78 is 5.97. The molecule has 1 aliphatic rings. The molecule has 38 heavy (non-hydrogen) atoms. The van der Waals surface area contributed by atoms with Gasteiger partial charge < -0.3 is 19.6 Å². The molecule has 0 saturated carbocycles. The lowest BCUT2D eigenvalue weighted by molar-refractivity contribution is -0.139. The van der Waals surface area contributed by atoms with Crippen LogP contribution in [0.4, 0.5) is 0 Å². The monoisotopic (exact) mass is 507 g/mol. The van der Waals surface area contributed by atoms with Crippen LogP contribution in [0.3, 0.4) is 0 Å². The first-order valence-corrected chi connectivity index (χ1v) is 12.8. The molecule has 1 amide bonds. The fourth-order valence-electron chi connectivity index (χ4n) is 5.12. The number of hydrogen-bond donors (Lipinski definition) is 2. The van der Waals surface area contributed by atoms with Crippen LogP contribution in [0.25, 0.3) is 44.2 Å². The van der Waals surface area contributed by atoms with Crippen LogP contribution in [-0.4, -0.2) is 70.0 Å². The van der Waals surface area contributed by atoms with E-state index in [1.165, 1.54) is 0 Å². The van der Waals surface area contributed by atoms with Crippen LogP contribution in [0.1, 0.15) is 6.92 Å². The average Bonchev–Trinajstić information content (AvgIpc) is 3.44. The summed E-state index contributed by atoms with van der Waals surface area (Å²) in [7, 11) is 1.85. The Morgan fingerprint density at radius 3 is 2.63 bits per heavy atom. The predicted molar refractivity (Wildman–Crippen MR) is 149 cm³/mol. The topological polar surface area (TPSA) is 94.3 Å². The van der Waals surface area contributed by atoms with Crippen molar-refractivity contribution < 1.29 is 9.53 Å². The SMILES string of the molecule is C[C@@H]1C(=O)N(C)CCN1CCOc1ccc(-c2ccc3nc(-c4c[nH]c(=O)c5[nH]ccc45)ccc3c2)cc1. The minimum absolute atomic E-state index is 0.107. The lowest BCUT2D eigenvalue weighted by atomic mass is 10.0. The molecule has 0 aliphatic carbocycles. The van der Waals surface area contributed by atoms with E-state index in [0.29, 0.717) is 12.1 Å². The maximum Gasteiger partial charge on any atom is 0.272 e. The van der Waals surface area contributed by atoms with Crippen molar-refractivity contribution in [2.45, 2.75) is 13.0 Å². The number of piperazine rings is 1. The summed E-state index contributed by atoms with van der Waals surface area (Å²) in [4.78, 5) is 38.8. The van der Waals surface area contributed by atoms with E-state index >= 15 is 0 Å². The van der Waals surface area contributed by atoms with Gasteiger partial charge in [-0.1, -0.05) is 24.3 Å². The van der Waals surface area contributed by atoms with Gasteiger partial charge in [0, 0.05) is 55.4 Å². The van der Waals surface area contributed by atoms with Crippen molar-refractivity contribution in [2.75, 3.05) is 33.3 Å². The molecule has 0 bridgehead atoms. The Labute approximate surface area is 219 Å². The van der Waals surface area contributed by atoms with Crippen molar-refractivity contribution in [1.82, 2.24) is 24.8 Å². The van der Waals surface area contributed by atoms with Crippen molar-refractivity contribution in [3.05, 3.63) is 83.4 Å². The van der Waals surface area contributed by atoms with Gasteiger partial charge in [0.2, 0.25) is 5.91 Å². The van der Waals surface area contributed by atoms with Gasteiger partial charge in [-0.3, -0.25) is 14.5 Å². The van der Waals surface area contributed by atoms with E-state index < -0.39 is 0 Å². The van der Waals surface area contributed by atoms with Gasteiger partial charge >= 0.3 is 0 Å². The highest BCUT2D eigenvalue weighted by atomic mass is 16.5. The van der Waals surface area contributed by atoms with E-state index in [9.17, 15) is 9.59 Å². The van der Waals surface area contributed by atoms with E-state index in [1.807, 2.05) is 44.3 Å². The number of nitrogens with one attached hydrogen (secondary N) is 2. The van der Waals surface area contributed by atoms with Crippen molar-refractivity contribution in [1.29, 1.82) is 0 Å². The normalized spacial score (nSPS) is 16.4. The number of amides is 1. The number of likely N-dealkylation sites (N-methyl/N-ethyl adjacent to an activating group) is 1. The standard InChI is InChI=1S/C30H29N5O3/c1-19-30(37)34(2)13-14-35(19)15-16-38-23-7-3-20(4-8-23)21-5-9-26-22(17-21)6-10-27(33-26)25-18-32-29(36)28-24(25)11-12-31-28/h3-12,17-19,31H,13-16H2,1-2H3,(H,32,36)/t19-/m1/s1. The average molecular weight is 508 g/mol. The van der Waals surface area contributed by atoms with Crippen LogP contribution in [0, 0.1) is 0 Å². The first-order valence-electron chi connectivity index (χ1n) is 12.8. The molecular weight excluding hydrogens is 478 g/mol. The first kappa shape index (κ1) is 23.9. The molecule has 5 aromatic rings. The van der Waals surface area contributed by atoms with E-state index in [0.717, 1.165) is 64.1 Å². The Morgan fingerprint density at radius 1 is 0.974 bits per heavy atom. The second-order valence-electron chi connectivity index (χ2n) is 9.75. The van der Waals surface area contributed by atoms with Crippen molar-refractivity contribution >= 4 is 27.7 Å². The third-order valence-corrected chi connectivity index (χ3v) is 7.42. The number of fused-ring (bicyclic) bond motifs is 2. The van der Waals surface area contributed by atoms with E-state index in [-0.39, 0.29) is 17.5 Å². The van der Waals surface area contributed by atoms with Crippen LogP contribution < -0.4 is 10.3 Å². The number of carbonyl (C=O) groups excluding carboxylic acids is 1. The van der Waals surface area contributed by atoms with Crippen molar-refractivity contribution in [2.24, 2.45) is 0 Å². The van der Waals surface area contributed by atoms with Gasteiger partial charge in [-0.2, -0.15) is 0 Å². The molecule has 0 spiro atoms. The van der Waals surface area contributed by atoms with Crippen molar-refractivity contribution in [3.8, 4) is 28.1 Å². The number of rotatable bonds is 6. The van der Waals surface area contributed by atoms with Crippen LogP contribution >= 0.6 is 0 Å². The molecule has 1 aliphatic heterocycles. The minimum atomic E-state index is -0.142. The molecule has 8 heteroatoms. The summed E-state index contributed by atoms with van der Waals surface area (Å²) in [6.45, 7) is 4.83. The molecule has 1 atom stereocenters. The number of pyridine rings is 2. The van der Waals surface area contributed by atoms with Gasteiger partial charge in [0.25, 0.3) is 5.56 Å². The van der Waals surface area contributed by atoms with E-state index in [1.54, 1.807) is 17.3 Å². The van der Waals surface area contributed by atoms with Gasteiger partial charge in [-0.25, -0.2) is 4.98 Å². The van der Waals surface area contributed by atoms with Gasteiger partial charge in [0.15, 0.2) is 0 Å². The van der Waals surface area contributed by atoms with Gasteiger partial charge in [0.05, 0.1) is 17.3 Å². The molecule has 3 aromatic heterocycles. The maximum absolute atomic E-state index is 12.2. The third kappa shape index (κ3) is 4.43. The van der Waals surface area contributed by atoms with Crippen LogP contribution in [0.5, 0.6) is 5.75 Å². The summed E-state index contributed by atoms with van der Waals surface area (Å²) in [5.74, 6) is 0.975. The highest BCUT2D eigenvalue weighted by Gasteiger charge is 2.28. The Kier molecular flexibility index (Phi) is 6.17. The molecule has 1 saturated heterocycles. The molecule has 6 rings (SSSR count). The molecule has 1 fully saturated rings.